The first-order valence-electron chi connectivity index (χ1n) is 7.57. The van der Waals surface area contributed by atoms with Crippen LogP contribution >= 0.6 is 0 Å². The topological polar surface area (TPSA) is 58.6 Å². The van der Waals surface area contributed by atoms with Gasteiger partial charge in [0.15, 0.2) is 11.5 Å². The molecule has 4 nitrogen and oxygen atoms in total. The van der Waals surface area contributed by atoms with Crippen LogP contribution in [0.3, 0.4) is 0 Å². The second-order valence-corrected chi connectivity index (χ2v) is 5.38. The van der Waals surface area contributed by atoms with E-state index in [0.29, 0.717) is 11.8 Å². The minimum atomic E-state index is -1.23. The molecule has 0 saturated carbocycles. The van der Waals surface area contributed by atoms with E-state index in [9.17, 15) is 18.7 Å². The van der Waals surface area contributed by atoms with Crippen LogP contribution in [-0.2, 0) is 4.79 Å². The third-order valence-electron chi connectivity index (χ3n) is 3.38. The first-order chi connectivity index (χ1) is 12.3. The van der Waals surface area contributed by atoms with Crippen LogP contribution in [-0.4, -0.2) is 11.0 Å². The zero-order valence-corrected chi connectivity index (χ0v) is 14.1. The molecule has 1 amide bonds. The number of ether oxygens (including phenoxy) is 1. The van der Waals surface area contributed by atoms with Gasteiger partial charge in [0, 0.05) is 11.8 Å². The van der Waals surface area contributed by atoms with Crippen LogP contribution in [0.2, 0.25) is 0 Å². The Morgan fingerprint density at radius 1 is 1.19 bits per heavy atom. The summed E-state index contributed by atoms with van der Waals surface area (Å²) in [5.74, 6) is -3.00. The summed E-state index contributed by atoms with van der Waals surface area (Å²) in [6, 6.07) is 11.2. The largest absolute Gasteiger partial charge is 0.504 e. The second kappa shape index (κ2) is 8.11. The maximum atomic E-state index is 13.5. The Kier molecular flexibility index (Phi) is 5.90. The van der Waals surface area contributed by atoms with Crippen LogP contribution < -0.4 is 10.1 Å². The zero-order valence-electron chi connectivity index (χ0n) is 14.1. The predicted molar refractivity (Wildman–Crippen MR) is 96.6 cm³/mol. The SMILES string of the molecule is C=C/C(F)=C(\C(=C)F)C(=O)Nc1ccc(Oc2ccc(C)cc2)c(O)c1. The lowest BCUT2D eigenvalue weighted by Crippen LogP contribution is -2.15. The molecular formula is C20H17F2NO3. The molecule has 0 heterocycles. The number of nitrogens with one attached hydrogen (secondary N) is 1. The molecule has 0 aliphatic heterocycles. The van der Waals surface area contributed by atoms with Gasteiger partial charge in [0.2, 0.25) is 0 Å². The van der Waals surface area contributed by atoms with Crippen molar-refractivity contribution in [1.82, 2.24) is 0 Å². The van der Waals surface area contributed by atoms with E-state index in [1.807, 2.05) is 19.1 Å². The van der Waals surface area contributed by atoms with Gasteiger partial charge in [-0.3, -0.25) is 4.79 Å². The standard InChI is InChI=1S/C20H17F2NO3/c1-4-16(22)19(13(3)21)20(25)23-14-7-10-18(17(24)11-14)26-15-8-5-12(2)6-9-15/h4-11,24H,1,3H2,2H3,(H,23,25)/b19-16-. The van der Waals surface area contributed by atoms with Crippen molar-refractivity contribution in [2.24, 2.45) is 0 Å². The first-order valence-corrected chi connectivity index (χ1v) is 7.57. The number of hydrogen-bond acceptors (Lipinski definition) is 3. The van der Waals surface area contributed by atoms with Crippen molar-refractivity contribution in [2.45, 2.75) is 6.92 Å². The van der Waals surface area contributed by atoms with E-state index < -0.39 is 23.1 Å². The minimum Gasteiger partial charge on any atom is -0.504 e. The molecule has 0 unspecified atom stereocenters. The molecule has 0 radical (unpaired) electrons. The molecule has 0 saturated heterocycles. The van der Waals surface area contributed by atoms with E-state index in [2.05, 4.69) is 18.5 Å². The molecule has 0 atom stereocenters. The molecule has 0 fully saturated rings. The highest BCUT2D eigenvalue weighted by atomic mass is 19.1. The summed E-state index contributed by atoms with van der Waals surface area (Å²) in [5, 5.41) is 12.3. The van der Waals surface area contributed by atoms with Crippen molar-refractivity contribution in [1.29, 1.82) is 0 Å². The molecule has 6 heteroatoms. The van der Waals surface area contributed by atoms with Crippen LogP contribution in [0.25, 0.3) is 0 Å². The highest BCUT2D eigenvalue weighted by Gasteiger charge is 2.18. The van der Waals surface area contributed by atoms with Crippen LogP contribution in [0.15, 0.2) is 78.9 Å². The quantitative estimate of drug-likeness (QED) is 0.543. The number of aromatic hydroxyl groups is 1. The number of halogens is 2. The van der Waals surface area contributed by atoms with Crippen LogP contribution in [0.5, 0.6) is 17.2 Å². The number of benzene rings is 2. The number of allylic oxidation sites excluding steroid dienone is 2. The minimum absolute atomic E-state index is 0.124. The summed E-state index contributed by atoms with van der Waals surface area (Å²) in [5.41, 5.74) is 0.323. The van der Waals surface area contributed by atoms with Gasteiger partial charge in [0.05, 0.1) is 0 Å². The lowest BCUT2D eigenvalue weighted by molar-refractivity contribution is -0.112. The van der Waals surface area contributed by atoms with Gasteiger partial charge < -0.3 is 15.2 Å². The van der Waals surface area contributed by atoms with E-state index in [4.69, 9.17) is 4.74 Å². The molecule has 2 rings (SSSR count). The van der Waals surface area contributed by atoms with Gasteiger partial charge in [-0.1, -0.05) is 30.9 Å². The summed E-state index contributed by atoms with van der Waals surface area (Å²) < 4.78 is 32.4. The van der Waals surface area contributed by atoms with Gasteiger partial charge in [-0.15, -0.1) is 0 Å². The number of anilines is 1. The zero-order chi connectivity index (χ0) is 19.3. The molecule has 0 aliphatic carbocycles. The summed E-state index contributed by atoms with van der Waals surface area (Å²) in [6.45, 7) is 8.01. The number of phenols is 1. The average Bonchev–Trinajstić information content (AvgIpc) is 2.58. The summed E-state index contributed by atoms with van der Waals surface area (Å²) in [6.07, 6.45) is 0.704. The number of carbonyl (C=O) groups is 1. The van der Waals surface area contributed by atoms with Crippen LogP contribution in [0, 0.1) is 6.92 Å². The van der Waals surface area contributed by atoms with Gasteiger partial charge >= 0.3 is 0 Å². The number of aryl methyl sites for hydroxylation is 1. The first kappa shape index (κ1) is 18.9. The molecule has 0 bridgehead atoms. The van der Waals surface area contributed by atoms with Crippen molar-refractivity contribution in [2.75, 3.05) is 5.32 Å². The molecule has 0 spiro atoms. The molecule has 134 valence electrons. The van der Waals surface area contributed by atoms with Crippen molar-refractivity contribution in [3.63, 3.8) is 0 Å². The van der Waals surface area contributed by atoms with E-state index in [1.54, 1.807) is 12.1 Å². The van der Waals surface area contributed by atoms with Crippen molar-refractivity contribution in [3.8, 4) is 17.2 Å². The Morgan fingerprint density at radius 2 is 1.85 bits per heavy atom. The Labute approximate surface area is 149 Å². The van der Waals surface area contributed by atoms with E-state index in [0.717, 1.165) is 5.56 Å². The van der Waals surface area contributed by atoms with Gasteiger partial charge in [-0.05, 0) is 37.3 Å². The van der Waals surface area contributed by atoms with Crippen LogP contribution in [0.4, 0.5) is 14.5 Å². The lowest BCUT2D eigenvalue weighted by atomic mass is 10.2. The average molecular weight is 357 g/mol. The molecular weight excluding hydrogens is 340 g/mol. The van der Waals surface area contributed by atoms with E-state index in [1.165, 1.54) is 18.2 Å². The molecule has 0 aromatic heterocycles. The third-order valence-corrected chi connectivity index (χ3v) is 3.38. The fourth-order valence-electron chi connectivity index (χ4n) is 2.07. The maximum absolute atomic E-state index is 13.5. The number of hydrogen-bond donors (Lipinski definition) is 2. The van der Waals surface area contributed by atoms with Crippen molar-refractivity contribution < 1.29 is 23.4 Å². The van der Waals surface area contributed by atoms with Gasteiger partial charge in [-0.25, -0.2) is 8.78 Å². The number of rotatable bonds is 6. The number of phenolic OH excluding ortho intramolecular Hbond substituents is 1. The molecule has 2 N–H and O–H groups in total. The van der Waals surface area contributed by atoms with Gasteiger partial charge in [0.1, 0.15) is 23.0 Å². The van der Waals surface area contributed by atoms with Crippen molar-refractivity contribution >= 4 is 11.6 Å². The van der Waals surface area contributed by atoms with Crippen LogP contribution in [0.1, 0.15) is 5.56 Å². The maximum Gasteiger partial charge on any atom is 0.261 e. The normalized spacial score (nSPS) is 11.3. The third kappa shape index (κ3) is 4.57. The molecule has 2 aromatic carbocycles. The number of amides is 1. The summed E-state index contributed by atoms with van der Waals surface area (Å²) >= 11 is 0. The van der Waals surface area contributed by atoms with Crippen molar-refractivity contribution in [3.05, 3.63) is 84.5 Å². The highest BCUT2D eigenvalue weighted by molar-refractivity contribution is 6.07. The summed E-state index contributed by atoms with van der Waals surface area (Å²) in [4.78, 5) is 12.0. The lowest BCUT2D eigenvalue weighted by Gasteiger charge is -2.11. The Bertz CT molecular complexity index is 886. The monoisotopic (exact) mass is 357 g/mol. The number of carbonyl (C=O) groups excluding carboxylic acids is 1. The van der Waals surface area contributed by atoms with E-state index in [-0.39, 0.29) is 17.2 Å². The molecule has 2 aromatic rings. The molecule has 26 heavy (non-hydrogen) atoms. The van der Waals surface area contributed by atoms with E-state index >= 15 is 0 Å². The smallest absolute Gasteiger partial charge is 0.261 e. The fraction of sp³-hybridized carbons (Fsp3) is 0.0500. The van der Waals surface area contributed by atoms with Gasteiger partial charge in [0.25, 0.3) is 5.91 Å². The Balaban J connectivity index is 2.18. The Morgan fingerprint density at radius 3 is 2.38 bits per heavy atom. The highest BCUT2D eigenvalue weighted by Crippen LogP contribution is 2.33. The second-order valence-electron chi connectivity index (χ2n) is 5.38. The predicted octanol–water partition coefficient (Wildman–Crippen LogP) is 5.32. The summed E-state index contributed by atoms with van der Waals surface area (Å²) in [7, 11) is 0. The molecule has 0 aliphatic rings. The van der Waals surface area contributed by atoms with Gasteiger partial charge in [-0.2, -0.15) is 0 Å². The Hall–Kier alpha value is -3.41. The fourth-order valence-corrected chi connectivity index (χ4v) is 2.07.